The van der Waals surface area contributed by atoms with E-state index in [1.807, 2.05) is 0 Å². The fourth-order valence-corrected chi connectivity index (χ4v) is 2.42. The fourth-order valence-electron chi connectivity index (χ4n) is 2.42. The summed E-state index contributed by atoms with van der Waals surface area (Å²) in [5.41, 5.74) is 0.532. The van der Waals surface area contributed by atoms with Crippen molar-refractivity contribution >= 4 is 0 Å². The molecule has 1 aliphatic rings. The normalized spacial score (nSPS) is 16.2. The molecule has 0 spiro atoms. The Balaban J connectivity index is 1.92. The number of benzene rings is 1. The van der Waals surface area contributed by atoms with Gasteiger partial charge in [0.25, 0.3) is 5.89 Å². The standard InChI is InChI=1S/C13H14N2O3/c16-10-5-9(6-11(17)7-10)13-14-12(15-18-13)8-3-1-2-4-8/h5-8,16-17H,1-4H2. The lowest BCUT2D eigenvalue weighted by atomic mass is 10.1. The maximum absolute atomic E-state index is 9.42. The lowest BCUT2D eigenvalue weighted by molar-refractivity contribution is 0.414. The number of aromatic nitrogens is 2. The maximum Gasteiger partial charge on any atom is 0.258 e. The van der Waals surface area contributed by atoms with Gasteiger partial charge in [-0.25, -0.2) is 0 Å². The molecule has 94 valence electrons. The number of phenolic OH excluding ortho intramolecular Hbond substituents is 2. The summed E-state index contributed by atoms with van der Waals surface area (Å²) in [6, 6.07) is 4.25. The number of nitrogens with zero attached hydrogens (tertiary/aromatic N) is 2. The Morgan fingerprint density at radius 1 is 1.06 bits per heavy atom. The van der Waals surface area contributed by atoms with E-state index in [1.165, 1.54) is 31.0 Å². The van der Waals surface area contributed by atoms with E-state index in [4.69, 9.17) is 4.52 Å². The Hall–Kier alpha value is -2.04. The van der Waals surface area contributed by atoms with Crippen LogP contribution in [-0.4, -0.2) is 20.4 Å². The minimum atomic E-state index is -0.0226. The van der Waals surface area contributed by atoms with Crippen LogP contribution in [0.5, 0.6) is 11.5 Å². The van der Waals surface area contributed by atoms with Crippen LogP contribution in [0.3, 0.4) is 0 Å². The van der Waals surface area contributed by atoms with Gasteiger partial charge in [0.05, 0.1) is 0 Å². The van der Waals surface area contributed by atoms with Crippen molar-refractivity contribution in [3.8, 4) is 23.0 Å². The van der Waals surface area contributed by atoms with E-state index in [2.05, 4.69) is 10.1 Å². The van der Waals surface area contributed by atoms with E-state index in [9.17, 15) is 10.2 Å². The second-order valence-corrected chi connectivity index (χ2v) is 4.68. The smallest absolute Gasteiger partial charge is 0.258 e. The summed E-state index contributed by atoms with van der Waals surface area (Å²) in [4.78, 5) is 4.34. The summed E-state index contributed by atoms with van der Waals surface area (Å²) < 4.78 is 5.19. The lowest BCUT2D eigenvalue weighted by Crippen LogP contribution is -1.94. The molecule has 0 amide bonds. The van der Waals surface area contributed by atoms with E-state index in [-0.39, 0.29) is 11.5 Å². The molecule has 2 aromatic rings. The largest absolute Gasteiger partial charge is 0.508 e. The summed E-state index contributed by atoms with van der Waals surface area (Å²) in [5.74, 6) is 1.40. The zero-order valence-corrected chi connectivity index (χ0v) is 9.83. The summed E-state index contributed by atoms with van der Waals surface area (Å²) in [6.07, 6.45) is 4.62. The van der Waals surface area contributed by atoms with Crippen molar-refractivity contribution in [1.29, 1.82) is 0 Å². The van der Waals surface area contributed by atoms with Crippen LogP contribution in [0.15, 0.2) is 22.7 Å². The van der Waals surface area contributed by atoms with E-state index >= 15 is 0 Å². The van der Waals surface area contributed by atoms with E-state index in [1.54, 1.807) is 0 Å². The van der Waals surface area contributed by atoms with Gasteiger partial charge in [-0.15, -0.1) is 0 Å². The average Bonchev–Trinajstić information content (AvgIpc) is 2.99. The molecule has 5 heteroatoms. The van der Waals surface area contributed by atoms with Crippen molar-refractivity contribution in [3.05, 3.63) is 24.0 Å². The van der Waals surface area contributed by atoms with Crippen LogP contribution in [0.2, 0.25) is 0 Å². The molecular formula is C13H14N2O3. The molecular weight excluding hydrogens is 232 g/mol. The Kier molecular flexibility index (Phi) is 2.66. The first-order valence-electron chi connectivity index (χ1n) is 6.09. The Labute approximate surface area is 104 Å². The molecule has 0 radical (unpaired) electrons. The molecule has 1 aromatic carbocycles. The first kappa shape index (κ1) is 11.1. The summed E-state index contributed by atoms with van der Waals surface area (Å²) in [7, 11) is 0. The third-order valence-corrected chi connectivity index (χ3v) is 3.31. The van der Waals surface area contributed by atoms with Gasteiger partial charge < -0.3 is 14.7 Å². The first-order valence-corrected chi connectivity index (χ1v) is 6.09. The van der Waals surface area contributed by atoms with E-state index < -0.39 is 0 Å². The second-order valence-electron chi connectivity index (χ2n) is 4.68. The predicted molar refractivity (Wildman–Crippen MR) is 64.3 cm³/mol. The topological polar surface area (TPSA) is 79.4 Å². The zero-order valence-electron chi connectivity index (χ0n) is 9.83. The molecule has 3 rings (SSSR count). The third kappa shape index (κ3) is 2.03. The van der Waals surface area contributed by atoms with E-state index in [0.717, 1.165) is 18.7 Å². The lowest BCUT2D eigenvalue weighted by Gasteiger charge is -2.00. The molecule has 1 heterocycles. The number of hydrogen-bond donors (Lipinski definition) is 2. The van der Waals surface area contributed by atoms with Crippen LogP contribution in [-0.2, 0) is 0 Å². The third-order valence-electron chi connectivity index (χ3n) is 3.31. The highest BCUT2D eigenvalue weighted by Gasteiger charge is 2.22. The fraction of sp³-hybridized carbons (Fsp3) is 0.385. The Morgan fingerprint density at radius 2 is 1.72 bits per heavy atom. The predicted octanol–water partition coefficient (Wildman–Crippen LogP) is 2.81. The molecule has 2 N–H and O–H groups in total. The van der Waals surface area contributed by atoms with Crippen LogP contribution >= 0.6 is 0 Å². The molecule has 0 atom stereocenters. The van der Waals surface area contributed by atoms with Crippen LogP contribution in [0.4, 0.5) is 0 Å². The molecule has 0 unspecified atom stereocenters. The van der Waals surface area contributed by atoms with Crippen molar-refractivity contribution in [2.24, 2.45) is 0 Å². The molecule has 0 bridgehead atoms. The molecule has 1 aliphatic carbocycles. The Morgan fingerprint density at radius 3 is 2.39 bits per heavy atom. The van der Waals surface area contributed by atoms with Gasteiger partial charge in [-0.05, 0) is 25.0 Å². The van der Waals surface area contributed by atoms with Crippen LogP contribution in [0.1, 0.15) is 37.4 Å². The van der Waals surface area contributed by atoms with Crippen molar-refractivity contribution < 1.29 is 14.7 Å². The van der Waals surface area contributed by atoms with Crippen molar-refractivity contribution in [3.63, 3.8) is 0 Å². The SMILES string of the molecule is Oc1cc(O)cc(-c2nc(C3CCCC3)no2)c1. The summed E-state index contributed by atoms with van der Waals surface area (Å²) >= 11 is 0. The van der Waals surface area contributed by atoms with Crippen LogP contribution in [0, 0.1) is 0 Å². The number of aromatic hydroxyl groups is 2. The second kappa shape index (κ2) is 4.33. The van der Waals surface area contributed by atoms with Crippen molar-refractivity contribution in [2.45, 2.75) is 31.6 Å². The number of phenols is 2. The number of rotatable bonds is 2. The summed E-state index contributed by atoms with van der Waals surface area (Å²) in [6.45, 7) is 0. The first-order chi connectivity index (χ1) is 8.72. The molecule has 5 nitrogen and oxygen atoms in total. The minimum absolute atomic E-state index is 0.0226. The molecule has 1 saturated carbocycles. The highest BCUT2D eigenvalue weighted by molar-refractivity contribution is 5.58. The van der Waals surface area contributed by atoms with Gasteiger partial charge in [0.15, 0.2) is 5.82 Å². The van der Waals surface area contributed by atoms with Gasteiger partial charge in [-0.3, -0.25) is 0 Å². The maximum atomic E-state index is 9.42. The molecule has 18 heavy (non-hydrogen) atoms. The van der Waals surface area contributed by atoms with Crippen LogP contribution in [0.25, 0.3) is 11.5 Å². The Bertz CT molecular complexity index is 539. The molecule has 1 aromatic heterocycles. The minimum Gasteiger partial charge on any atom is -0.508 e. The van der Waals surface area contributed by atoms with Gasteiger partial charge in [0.2, 0.25) is 0 Å². The monoisotopic (exact) mass is 246 g/mol. The van der Waals surface area contributed by atoms with Gasteiger partial charge >= 0.3 is 0 Å². The molecule has 1 fully saturated rings. The highest BCUT2D eigenvalue weighted by atomic mass is 16.5. The molecule has 0 aliphatic heterocycles. The zero-order chi connectivity index (χ0) is 12.5. The average molecular weight is 246 g/mol. The van der Waals surface area contributed by atoms with Gasteiger partial charge in [0, 0.05) is 17.5 Å². The number of hydrogen-bond acceptors (Lipinski definition) is 5. The molecule has 0 saturated heterocycles. The highest BCUT2D eigenvalue weighted by Crippen LogP contribution is 2.34. The quantitative estimate of drug-likeness (QED) is 0.851. The van der Waals surface area contributed by atoms with Gasteiger partial charge in [-0.1, -0.05) is 18.0 Å². The van der Waals surface area contributed by atoms with Crippen molar-refractivity contribution in [1.82, 2.24) is 10.1 Å². The van der Waals surface area contributed by atoms with Gasteiger partial charge in [-0.2, -0.15) is 4.98 Å². The summed E-state index contributed by atoms with van der Waals surface area (Å²) in [5, 5.41) is 22.8. The van der Waals surface area contributed by atoms with E-state index in [0.29, 0.717) is 17.4 Å². The van der Waals surface area contributed by atoms with Gasteiger partial charge in [0.1, 0.15) is 11.5 Å². The van der Waals surface area contributed by atoms with Crippen LogP contribution < -0.4 is 0 Å². The van der Waals surface area contributed by atoms with Crippen molar-refractivity contribution in [2.75, 3.05) is 0 Å².